The molecule has 2 heterocycles. The van der Waals surface area contributed by atoms with Gasteiger partial charge in [0.05, 0.1) is 12.5 Å². The number of nitrogens with zero attached hydrogens (tertiary/aromatic N) is 1. The van der Waals surface area contributed by atoms with E-state index in [1.165, 1.54) is 0 Å². The van der Waals surface area contributed by atoms with Crippen LogP contribution in [0.2, 0.25) is 0 Å². The van der Waals surface area contributed by atoms with E-state index in [1.807, 2.05) is 18.3 Å². The van der Waals surface area contributed by atoms with Crippen LogP contribution in [0.15, 0.2) is 18.3 Å². The van der Waals surface area contributed by atoms with Crippen molar-refractivity contribution in [3.05, 3.63) is 24.0 Å². The van der Waals surface area contributed by atoms with E-state index in [0.717, 1.165) is 18.8 Å². The molecule has 0 amide bonds. The molecule has 0 bridgehead atoms. The Morgan fingerprint density at radius 3 is 3.38 bits per heavy atom. The number of hydrogen-bond donors (Lipinski definition) is 2. The van der Waals surface area contributed by atoms with Gasteiger partial charge in [0.25, 0.3) is 0 Å². The molecule has 1 atom stereocenters. The molecule has 2 rings (SSSR count). The largest absolute Gasteiger partial charge is 0.481 e. The zero-order chi connectivity index (χ0) is 9.26. The van der Waals surface area contributed by atoms with Crippen molar-refractivity contribution in [3.63, 3.8) is 0 Å². The van der Waals surface area contributed by atoms with Crippen molar-refractivity contribution in [3.8, 4) is 0 Å². The van der Waals surface area contributed by atoms with Crippen LogP contribution in [0.25, 0.3) is 0 Å². The Morgan fingerprint density at radius 2 is 2.62 bits per heavy atom. The zero-order valence-corrected chi connectivity index (χ0v) is 7.23. The molecule has 70 valence electrons. The number of aromatic nitrogens is 1. The number of carboxylic acids is 1. The summed E-state index contributed by atoms with van der Waals surface area (Å²) in [5.74, 6) is -0.757. The molecule has 1 aliphatic heterocycles. The molecule has 4 heteroatoms. The highest BCUT2D eigenvalue weighted by molar-refractivity contribution is 5.67. The van der Waals surface area contributed by atoms with Gasteiger partial charge in [0.1, 0.15) is 0 Å². The molecule has 1 unspecified atom stereocenters. The third kappa shape index (κ3) is 1.58. The molecule has 1 aromatic rings. The second kappa shape index (κ2) is 3.22. The summed E-state index contributed by atoms with van der Waals surface area (Å²) in [4.78, 5) is 10.5. The Balaban J connectivity index is 2.20. The van der Waals surface area contributed by atoms with Crippen LogP contribution in [0.3, 0.4) is 0 Å². The van der Waals surface area contributed by atoms with E-state index in [9.17, 15) is 4.79 Å². The summed E-state index contributed by atoms with van der Waals surface area (Å²) < 4.78 is 2.10. The molecule has 0 saturated carbocycles. The molecular formula is C9H12N2O2. The standard InChI is InChI=1S/C9H12N2O2/c12-9(13)6-7-8-2-1-4-11(8)5-3-10-7/h1-2,4,7,10H,3,5-6H2,(H,12,13). The molecule has 0 aromatic carbocycles. The molecule has 2 N–H and O–H groups in total. The Bertz CT molecular complexity index is 319. The summed E-state index contributed by atoms with van der Waals surface area (Å²) >= 11 is 0. The van der Waals surface area contributed by atoms with E-state index in [4.69, 9.17) is 5.11 Å². The highest BCUT2D eigenvalue weighted by Gasteiger charge is 2.20. The first-order valence-corrected chi connectivity index (χ1v) is 4.37. The van der Waals surface area contributed by atoms with Crippen LogP contribution in [0.4, 0.5) is 0 Å². The molecule has 0 fully saturated rings. The zero-order valence-electron chi connectivity index (χ0n) is 7.23. The van der Waals surface area contributed by atoms with Crippen LogP contribution < -0.4 is 5.32 Å². The van der Waals surface area contributed by atoms with Crippen LogP contribution in [0, 0.1) is 0 Å². The first-order chi connectivity index (χ1) is 6.27. The van der Waals surface area contributed by atoms with Gasteiger partial charge in [0, 0.05) is 25.0 Å². The third-order valence-corrected chi connectivity index (χ3v) is 2.34. The average Bonchev–Trinajstić information content (AvgIpc) is 2.51. The van der Waals surface area contributed by atoms with Crippen molar-refractivity contribution in [1.29, 1.82) is 0 Å². The van der Waals surface area contributed by atoms with Crippen molar-refractivity contribution >= 4 is 5.97 Å². The molecule has 4 nitrogen and oxygen atoms in total. The summed E-state index contributed by atoms with van der Waals surface area (Å²) in [6.07, 6.45) is 2.15. The maximum absolute atomic E-state index is 10.5. The van der Waals surface area contributed by atoms with Crippen LogP contribution in [0.1, 0.15) is 18.2 Å². The fraction of sp³-hybridized carbons (Fsp3) is 0.444. The Hall–Kier alpha value is -1.29. The van der Waals surface area contributed by atoms with E-state index in [2.05, 4.69) is 9.88 Å². The van der Waals surface area contributed by atoms with E-state index >= 15 is 0 Å². The van der Waals surface area contributed by atoms with Crippen LogP contribution in [-0.2, 0) is 11.3 Å². The average molecular weight is 180 g/mol. The van der Waals surface area contributed by atoms with Gasteiger partial charge >= 0.3 is 5.97 Å². The molecular weight excluding hydrogens is 168 g/mol. The number of fused-ring (bicyclic) bond motifs is 1. The highest BCUT2D eigenvalue weighted by atomic mass is 16.4. The number of carboxylic acid groups (broad SMARTS) is 1. The fourth-order valence-corrected chi connectivity index (χ4v) is 1.76. The number of aliphatic carboxylic acids is 1. The maximum Gasteiger partial charge on any atom is 0.305 e. The van der Waals surface area contributed by atoms with Crippen LogP contribution >= 0.6 is 0 Å². The molecule has 0 spiro atoms. The van der Waals surface area contributed by atoms with E-state index in [1.54, 1.807) is 0 Å². The van der Waals surface area contributed by atoms with Gasteiger partial charge in [-0.25, -0.2) is 0 Å². The second-order valence-corrected chi connectivity index (χ2v) is 3.23. The van der Waals surface area contributed by atoms with Crippen molar-refractivity contribution < 1.29 is 9.90 Å². The van der Waals surface area contributed by atoms with Crippen molar-refractivity contribution in [2.24, 2.45) is 0 Å². The molecule has 1 aromatic heterocycles. The topological polar surface area (TPSA) is 54.3 Å². The predicted octanol–water partition coefficient (Wildman–Crippen LogP) is 0.607. The number of hydrogen-bond acceptors (Lipinski definition) is 2. The number of nitrogens with one attached hydrogen (secondary N) is 1. The second-order valence-electron chi connectivity index (χ2n) is 3.23. The van der Waals surface area contributed by atoms with Gasteiger partial charge in [-0.05, 0) is 12.1 Å². The van der Waals surface area contributed by atoms with Gasteiger partial charge in [-0.3, -0.25) is 4.79 Å². The fourth-order valence-electron chi connectivity index (χ4n) is 1.76. The van der Waals surface area contributed by atoms with Gasteiger partial charge in [-0.15, -0.1) is 0 Å². The monoisotopic (exact) mass is 180 g/mol. The van der Waals surface area contributed by atoms with Gasteiger partial charge in [-0.1, -0.05) is 0 Å². The summed E-state index contributed by atoms with van der Waals surface area (Å²) in [6.45, 7) is 1.78. The Morgan fingerprint density at radius 1 is 1.77 bits per heavy atom. The molecule has 0 aliphatic carbocycles. The summed E-state index contributed by atoms with van der Waals surface area (Å²) in [7, 11) is 0. The van der Waals surface area contributed by atoms with Crippen LogP contribution in [0.5, 0.6) is 0 Å². The SMILES string of the molecule is O=C(O)CC1NCCn2cccc21. The Kier molecular flexibility index (Phi) is 2.06. The number of rotatable bonds is 2. The van der Waals surface area contributed by atoms with Gasteiger partial charge in [0.2, 0.25) is 0 Å². The van der Waals surface area contributed by atoms with E-state index < -0.39 is 5.97 Å². The minimum Gasteiger partial charge on any atom is -0.481 e. The number of carbonyl (C=O) groups is 1. The lowest BCUT2D eigenvalue weighted by Crippen LogP contribution is -2.34. The minimum absolute atomic E-state index is 0.0266. The van der Waals surface area contributed by atoms with Gasteiger partial charge < -0.3 is 15.0 Å². The lowest BCUT2D eigenvalue weighted by atomic mass is 10.1. The molecule has 0 radical (unpaired) electrons. The first kappa shape index (κ1) is 8.31. The molecule has 0 saturated heterocycles. The third-order valence-electron chi connectivity index (χ3n) is 2.34. The summed E-state index contributed by atoms with van der Waals surface area (Å²) in [6, 6.07) is 3.90. The van der Waals surface area contributed by atoms with Crippen molar-refractivity contribution in [2.75, 3.05) is 6.54 Å². The quantitative estimate of drug-likeness (QED) is 0.701. The normalized spacial score (nSPS) is 21.1. The maximum atomic E-state index is 10.5. The Labute approximate surface area is 76.2 Å². The van der Waals surface area contributed by atoms with Gasteiger partial charge in [0.15, 0.2) is 0 Å². The smallest absolute Gasteiger partial charge is 0.305 e. The van der Waals surface area contributed by atoms with Crippen LogP contribution in [-0.4, -0.2) is 22.2 Å². The van der Waals surface area contributed by atoms with Crippen molar-refractivity contribution in [1.82, 2.24) is 9.88 Å². The summed E-state index contributed by atoms with van der Waals surface area (Å²) in [5.41, 5.74) is 1.08. The summed E-state index contributed by atoms with van der Waals surface area (Å²) in [5, 5.41) is 11.9. The lowest BCUT2D eigenvalue weighted by Gasteiger charge is -2.25. The van der Waals surface area contributed by atoms with E-state index in [0.29, 0.717) is 0 Å². The predicted molar refractivity (Wildman–Crippen MR) is 47.4 cm³/mol. The first-order valence-electron chi connectivity index (χ1n) is 4.37. The molecule has 13 heavy (non-hydrogen) atoms. The minimum atomic E-state index is -0.757. The van der Waals surface area contributed by atoms with Crippen molar-refractivity contribution in [2.45, 2.75) is 19.0 Å². The molecule has 1 aliphatic rings. The van der Waals surface area contributed by atoms with E-state index in [-0.39, 0.29) is 12.5 Å². The lowest BCUT2D eigenvalue weighted by molar-refractivity contribution is -0.137. The van der Waals surface area contributed by atoms with Gasteiger partial charge in [-0.2, -0.15) is 0 Å². The highest BCUT2D eigenvalue weighted by Crippen LogP contribution is 2.20.